The molecule has 2 heteroatoms. The lowest BCUT2D eigenvalue weighted by Gasteiger charge is -2.41. The van der Waals surface area contributed by atoms with Crippen LogP contribution in [0.3, 0.4) is 0 Å². The monoisotopic (exact) mass is 246 g/mol. The van der Waals surface area contributed by atoms with E-state index in [1.54, 1.807) is 0 Å². The second kappa shape index (κ2) is 5.85. The van der Waals surface area contributed by atoms with Gasteiger partial charge in [0.15, 0.2) is 0 Å². The molecular formula is C16H26N2. The molecular weight excluding hydrogens is 220 g/mol. The van der Waals surface area contributed by atoms with Crippen molar-refractivity contribution in [3.8, 4) is 0 Å². The van der Waals surface area contributed by atoms with E-state index in [-0.39, 0.29) is 5.54 Å². The Morgan fingerprint density at radius 1 is 1.22 bits per heavy atom. The van der Waals surface area contributed by atoms with Gasteiger partial charge in [0.25, 0.3) is 0 Å². The van der Waals surface area contributed by atoms with Crippen LogP contribution in [0.15, 0.2) is 30.3 Å². The molecule has 0 saturated heterocycles. The van der Waals surface area contributed by atoms with E-state index in [1.165, 1.54) is 31.2 Å². The van der Waals surface area contributed by atoms with E-state index in [9.17, 15) is 0 Å². The van der Waals surface area contributed by atoms with Crippen molar-refractivity contribution in [1.29, 1.82) is 0 Å². The lowest BCUT2D eigenvalue weighted by atomic mass is 9.74. The van der Waals surface area contributed by atoms with E-state index in [0.29, 0.717) is 6.04 Å². The van der Waals surface area contributed by atoms with Gasteiger partial charge in [0.2, 0.25) is 0 Å². The molecule has 0 aromatic heterocycles. The lowest BCUT2D eigenvalue weighted by Crippen LogP contribution is -2.55. The first-order valence-corrected chi connectivity index (χ1v) is 7.18. The van der Waals surface area contributed by atoms with E-state index >= 15 is 0 Å². The number of rotatable bonds is 4. The molecule has 0 radical (unpaired) electrons. The lowest BCUT2D eigenvalue weighted by molar-refractivity contribution is 0.208. The molecule has 3 N–H and O–H groups in total. The quantitative estimate of drug-likeness (QED) is 0.857. The molecule has 1 aromatic carbocycles. The Morgan fingerprint density at radius 3 is 2.33 bits per heavy atom. The van der Waals surface area contributed by atoms with Gasteiger partial charge in [0, 0.05) is 18.1 Å². The summed E-state index contributed by atoms with van der Waals surface area (Å²) in [6, 6.07) is 11.4. The molecule has 1 fully saturated rings. The zero-order valence-corrected chi connectivity index (χ0v) is 11.7. The Kier molecular flexibility index (Phi) is 4.41. The summed E-state index contributed by atoms with van der Waals surface area (Å²) in [6.45, 7) is 5.17. The Labute approximate surface area is 111 Å². The van der Waals surface area contributed by atoms with Crippen LogP contribution in [0.4, 0.5) is 0 Å². The highest BCUT2D eigenvalue weighted by atomic mass is 15.0. The molecule has 0 aliphatic heterocycles. The zero-order chi connectivity index (χ0) is 13.0. The van der Waals surface area contributed by atoms with E-state index < -0.39 is 0 Å². The van der Waals surface area contributed by atoms with Crippen LogP contribution in [0.5, 0.6) is 0 Å². The number of benzene rings is 1. The van der Waals surface area contributed by atoms with Crippen LogP contribution in [0.1, 0.15) is 51.0 Å². The zero-order valence-electron chi connectivity index (χ0n) is 11.7. The maximum absolute atomic E-state index is 6.01. The number of hydrogen-bond donors (Lipinski definition) is 2. The van der Waals surface area contributed by atoms with Gasteiger partial charge < -0.3 is 11.1 Å². The molecule has 1 saturated carbocycles. The number of nitrogens with two attached hydrogens (primary N) is 1. The summed E-state index contributed by atoms with van der Waals surface area (Å²) in [6.07, 6.45) is 4.89. The summed E-state index contributed by atoms with van der Waals surface area (Å²) < 4.78 is 0. The van der Waals surface area contributed by atoms with Crippen LogP contribution in [0, 0.1) is 0 Å². The van der Waals surface area contributed by atoms with Gasteiger partial charge >= 0.3 is 0 Å². The predicted molar refractivity (Wildman–Crippen MR) is 77.7 cm³/mol. The third kappa shape index (κ3) is 3.12. The van der Waals surface area contributed by atoms with Gasteiger partial charge in [0.1, 0.15) is 0 Å². The van der Waals surface area contributed by atoms with Gasteiger partial charge in [-0.3, -0.25) is 0 Å². The largest absolute Gasteiger partial charge is 0.329 e. The van der Waals surface area contributed by atoms with Crippen molar-refractivity contribution in [2.45, 2.75) is 57.0 Å². The maximum Gasteiger partial charge on any atom is 0.0306 e. The Hall–Kier alpha value is -0.860. The van der Waals surface area contributed by atoms with Gasteiger partial charge in [-0.2, -0.15) is 0 Å². The second-order valence-corrected chi connectivity index (χ2v) is 5.97. The number of nitrogens with one attached hydrogen (secondary N) is 1. The van der Waals surface area contributed by atoms with Crippen molar-refractivity contribution in [3.05, 3.63) is 35.9 Å². The highest BCUT2D eigenvalue weighted by Crippen LogP contribution is 2.37. The summed E-state index contributed by atoms with van der Waals surface area (Å²) >= 11 is 0. The third-order valence-corrected chi connectivity index (χ3v) is 4.20. The van der Waals surface area contributed by atoms with Crippen molar-refractivity contribution in [1.82, 2.24) is 5.32 Å². The highest BCUT2D eigenvalue weighted by Gasteiger charge is 2.34. The minimum Gasteiger partial charge on any atom is -0.329 e. The normalized spacial score (nSPS) is 28.6. The Morgan fingerprint density at radius 2 is 1.83 bits per heavy atom. The molecule has 1 aliphatic rings. The summed E-state index contributed by atoms with van der Waals surface area (Å²) in [5, 5.41) is 3.69. The van der Waals surface area contributed by atoms with Gasteiger partial charge in [-0.25, -0.2) is 0 Å². The van der Waals surface area contributed by atoms with Crippen molar-refractivity contribution >= 4 is 0 Å². The summed E-state index contributed by atoms with van der Waals surface area (Å²) in [5.41, 5.74) is 7.68. The van der Waals surface area contributed by atoms with Crippen LogP contribution in [-0.4, -0.2) is 18.1 Å². The van der Waals surface area contributed by atoms with Gasteiger partial charge in [0.05, 0.1) is 0 Å². The first kappa shape index (κ1) is 13.6. The Balaban J connectivity index is 1.98. The van der Waals surface area contributed by atoms with Crippen molar-refractivity contribution in [2.24, 2.45) is 5.73 Å². The molecule has 1 aliphatic carbocycles. The molecule has 0 bridgehead atoms. The average molecular weight is 246 g/mol. The molecule has 0 atom stereocenters. The maximum atomic E-state index is 6.01. The minimum absolute atomic E-state index is 0.180. The van der Waals surface area contributed by atoms with Crippen molar-refractivity contribution in [2.75, 3.05) is 6.54 Å². The first-order valence-electron chi connectivity index (χ1n) is 7.18. The Bertz CT molecular complexity index is 351. The summed E-state index contributed by atoms with van der Waals surface area (Å²) in [4.78, 5) is 0. The van der Waals surface area contributed by atoms with Crippen LogP contribution >= 0.6 is 0 Å². The molecule has 0 spiro atoms. The van der Waals surface area contributed by atoms with Crippen molar-refractivity contribution in [3.63, 3.8) is 0 Å². The van der Waals surface area contributed by atoms with Crippen LogP contribution in [0.25, 0.3) is 0 Å². The molecule has 0 unspecified atom stereocenters. The third-order valence-electron chi connectivity index (χ3n) is 4.20. The van der Waals surface area contributed by atoms with Crippen LogP contribution < -0.4 is 11.1 Å². The highest BCUT2D eigenvalue weighted by molar-refractivity contribution is 5.20. The molecule has 0 heterocycles. The average Bonchev–Trinajstić information content (AvgIpc) is 2.40. The molecule has 1 aromatic rings. The first-order chi connectivity index (χ1) is 8.65. The van der Waals surface area contributed by atoms with E-state index in [0.717, 1.165) is 12.5 Å². The van der Waals surface area contributed by atoms with E-state index in [1.807, 2.05) is 0 Å². The van der Waals surface area contributed by atoms with E-state index in [4.69, 9.17) is 5.73 Å². The van der Waals surface area contributed by atoms with Crippen LogP contribution in [-0.2, 0) is 0 Å². The minimum atomic E-state index is 0.180. The SMILES string of the molecule is CC(C)NC1(CN)CCC(c2ccccc2)CC1. The second-order valence-electron chi connectivity index (χ2n) is 5.97. The fourth-order valence-corrected chi connectivity index (χ4v) is 3.25. The summed E-state index contributed by atoms with van der Waals surface area (Å²) in [7, 11) is 0. The molecule has 2 rings (SSSR count). The van der Waals surface area contributed by atoms with E-state index in [2.05, 4.69) is 49.5 Å². The van der Waals surface area contributed by atoms with Crippen LogP contribution in [0.2, 0.25) is 0 Å². The standard InChI is InChI=1S/C16H26N2/c1-13(2)18-16(12-17)10-8-15(9-11-16)14-6-4-3-5-7-14/h3-7,13,15,18H,8-12,17H2,1-2H3. The molecule has 0 amide bonds. The molecule has 2 nitrogen and oxygen atoms in total. The molecule has 18 heavy (non-hydrogen) atoms. The fourth-order valence-electron chi connectivity index (χ4n) is 3.25. The predicted octanol–water partition coefficient (Wildman–Crippen LogP) is 3.04. The van der Waals surface area contributed by atoms with Crippen molar-refractivity contribution < 1.29 is 0 Å². The topological polar surface area (TPSA) is 38.0 Å². The summed E-state index contributed by atoms with van der Waals surface area (Å²) in [5.74, 6) is 0.722. The smallest absolute Gasteiger partial charge is 0.0306 e. The van der Waals surface area contributed by atoms with Gasteiger partial charge in [-0.05, 0) is 37.2 Å². The van der Waals surface area contributed by atoms with Gasteiger partial charge in [-0.15, -0.1) is 0 Å². The molecule has 100 valence electrons. The van der Waals surface area contributed by atoms with Gasteiger partial charge in [-0.1, -0.05) is 44.2 Å². The fraction of sp³-hybridized carbons (Fsp3) is 0.625. The number of hydrogen-bond acceptors (Lipinski definition) is 2.